The van der Waals surface area contributed by atoms with E-state index in [9.17, 15) is 13.2 Å². The van der Waals surface area contributed by atoms with E-state index in [1.54, 1.807) is 30.1 Å². The molecule has 0 aliphatic rings. The molecule has 1 atom stereocenters. The van der Waals surface area contributed by atoms with Crippen molar-refractivity contribution in [2.75, 3.05) is 27.7 Å². The second-order valence-electron chi connectivity index (χ2n) is 6.61. The zero-order chi connectivity index (χ0) is 19.6. The van der Waals surface area contributed by atoms with Crippen molar-refractivity contribution in [3.8, 4) is 0 Å². The molecule has 1 heterocycles. The molecule has 0 spiro atoms. The summed E-state index contributed by atoms with van der Waals surface area (Å²) < 4.78 is 27.6. The van der Waals surface area contributed by atoms with E-state index in [4.69, 9.17) is 5.73 Å². The van der Waals surface area contributed by atoms with Gasteiger partial charge in [-0.1, -0.05) is 0 Å². The van der Waals surface area contributed by atoms with E-state index in [1.165, 1.54) is 18.4 Å². The highest BCUT2D eigenvalue weighted by Gasteiger charge is 2.20. The number of hydrogen-bond donors (Lipinski definition) is 1. The van der Waals surface area contributed by atoms with Gasteiger partial charge in [-0.3, -0.25) is 4.79 Å². The van der Waals surface area contributed by atoms with Crippen LogP contribution in [0.3, 0.4) is 0 Å². The van der Waals surface area contributed by atoms with Gasteiger partial charge in [0, 0.05) is 53.6 Å². The number of rotatable bonds is 7. The highest BCUT2D eigenvalue weighted by Crippen LogP contribution is 2.22. The van der Waals surface area contributed by atoms with Gasteiger partial charge >= 0.3 is 0 Å². The van der Waals surface area contributed by atoms with Crippen molar-refractivity contribution in [3.05, 3.63) is 24.0 Å². The Morgan fingerprint density at radius 2 is 1.96 bits per heavy atom. The smallest absolute Gasteiger partial charge is 0.242 e. The minimum absolute atomic E-state index is 0.00545. The number of carbonyl (C=O) groups excluding carboxylic acids is 1. The molecule has 0 unspecified atom stereocenters. The van der Waals surface area contributed by atoms with Gasteiger partial charge in [0.25, 0.3) is 0 Å². The number of likely N-dealkylation sites (N-methyl/N-ethyl adjacent to an activating group) is 1. The minimum atomic E-state index is -3.51. The number of aromatic nitrogens is 2. The number of carbonyl (C=O) groups is 1. The van der Waals surface area contributed by atoms with Crippen molar-refractivity contribution in [2.45, 2.75) is 30.7 Å². The fourth-order valence-corrected chi connectivity index (χ4v) is 3.55. The zero-order valence-electron chi connectivity index (χ0n) is 15.9. The Balaban J connectivity index is 2.25. The fourth-order valence-electron chi connectivity index (χ4n) is 2.62. The maximum Gasteiger partial charge on any atom is 0.242 e. The van der Waals surface area contributed by atoms with Crippen LogP contribution in [0.2, 0.25) is 0 Å². The largest absolute Gasteiger partial charge is 0.342 e. The Morgan fingerprint density at radius 3 is 2.54 bits per heavy atom. The molecule has 1 amide bonds. The second kappa shape index (κ2) is 7.73. The normalized spacial score (nSPS) is 13.3. The number of fused-ring (bicyclic) bond motifs is 1. The topological polar surface area (TPSA) is 102 Å². The lowest BCUT2D eigenvalue weighted by Crippen LogP contribution is -2.39. The van der Waals surface area contributed by atoms with Crippen LogP contribution in [0.25, 0.3) is 11.0 Å². The van der Waals surface area contributed by atoms with Crippen LogP contribution in [0.4, 0.5) is 0 Å². The van der Waals surface area contributed by atoms with Crippen LogP contribution in [0.1, 0.15) is 19.2 Å². The molecule has 9 heteroatoms. The van der Waals surface area contributed by atoms with Crippen molar-refractivity contribution < 1.29 is 13.2 Å². The Morgan fingerprint density at radius 1 is 1.31 bits per heavy atom. The molecule has 0 fully saturated rings. The highest BCUT2D eigenvalue weighted by atomic mass is 32.2. The first kappa shape index (κ1) is 20.3. The number of sulfonamides is 1. The molecular weight excluding hydrogens is 354 g/mol. The van der Waals surface area contributed by atoms with E-state index in [2.05, 4.69) is 4.98 Å². The quantitative estimate of drug-likeness (QED) is 0.755. The summed E-state index contributed by atoms with van der Waals surface area (Å²) in [5.41, 5.74) is 7.03. The van der Waals surface area contributed by atoms with E-state index in [-0.39, 0.29) is 16.8 Å². The van der Waals surface area contributed by atoms with E-state index in [0.29, 0.717) is 24.9 Å². The summed E-state index contributed by atoms with van der Waals surface area (Å²) in [4.78, 5) is 18.6. The standard InChI is InChI=1S/C17H27N5O3S/c1-12(11-18)21(4)17(23)9-8-16-19-14-10-13(26(24,25)20(2)3)6-7-15(14)22(16)5/h6-7,10,12H,8-9,11,18H2,1-5H3/t12-/m1/s1. The second-order valence-corrected chi connectivity index (χ2v) is 8.77. The first-order valence-electron chi connectivity index (χ1n) is 8.43. The van der Waals surface area contributed by atoms with Gasteiger partial charge in [-0.05, 0) is 25.1 Å². The van der Waals surface area contributed by atoms with E-state index in [0.717, 1.165) is 11.3 Å². The van der Waals surface area contributed by atoms with E-state index < -0.39 is 10.0 Å². The van der Waals surface area contributed by atoms with E-state index in [1.807, 2.05) is 18.5 Å². The predicted molar refractivity (Wildman–Crippen MR) is 101 cm³/mol. The number of imidazole rings is 1. The number of benzene rings is 1. The molecule has 1 aromatic heterocycles. The van der Waals surface area contributed by atoms with E-state index >= 15 is 0 Å². The summed E-state index contributed by atoms with van der Waals surface area (Å²) >= 11 is 0. The lowest BCUT2D eigenvalue weighted by molar-refractivity contribution is -0.131. The van der Waals surface area contributed by atoms with Crippen molar-refractivity contribution in [2.24, 2.45) is 12.8 Å². The van der Waals surface area contributed by atoms with Crippen molar-refractivity contribution in [1.82, 2.24) is 18.8 Å². The summed E-state index contributed by atoms with van der Waals surface area (Å²) in [6.07, 6.45) is 0.794. The van der Waals surface area contributed by atoms with Crippen LogP contribution >= 0.6 is 0 Å². The van der Waals surface area contributed by atoms with Crippen LogP contribution < -0.4 is 5.73 Å². The molecule has 2 aromatic rings. The Hall–Kier alpha value is -1.97. The molecule has 26 heavy (non-hydrogen) atoms. The third-order valence-corrected chi connectivity index (χ3v) is 6.49. The highest BCUT2D eigenvalue weighted by molar-refractivity contribution is 7.89. The first-order chi connectivity index (χ1) is 12.1. The van der Waals surface area contributed by atoms with Crippen LogP contribution in [0.5, 0.6) is 0 Å². The molecule has 2 rings (SSSR count). The van der Waals surface area contributed by atoms with Gasteiger partial charge in [0.05, 0.1) is 15.9 Å². The SMILES string of the molecule is C[C@H](CN)N(C)C(=O)CCc1nc2cc(S(=O)(=O)N(C)C)ccc2n1C. The Kier molecular flexibility index (Phi) is 6.05. The molecule has 0 saturated carbocycles. The summed E-state index contributed by atoms with van der Waals surface area (Å²) in [6, 6.07) is 4.87. The number of hydrogen-bond acceptors (Lipinski definition) is 5. The summed E-state index contributed by atoms with van der Waals surface area (Å²) in [6.45, 7) is 2.32. The molecule has 0 aliphatic heterocycles. The first-order valence-corrected chi connectivity index (χ1v) is 9.87. The maximum absolute atomic E-state index is 12.3. The monoisotopic (exact) mass is 381 g/mol. The molecule has 8 nitrogen and oxygen atoms in total. The van der Waals surface area contributed by atoms with Crippen LogP contribution in [0, 0.1) is 0 Å². The predicted octanol–water partition coefficient (Wildman–Crippen LogP) is 0.562. The van der Waals surface area contributed by atoms with Gasteiger partial charge in [0.2, 0.25) is 15.9 Å². The third-order valence-electron chi connectivity index (χ3n) is 4.68. The van der Waals surface area contributed by atoms with Gasteiger partial charge < -0.3 is 15.2 Å². The summed E-state index contributed by atoms with van der Waals surface area (Å²) in [5.74, 6) is 0.743. The average Bonchev–Trinajstić information content (AvgIpc) is 2.93. The average molecular weight is 382 g/mol. The number of nitrogens with zero attached hydrogens (tertiary/aromatic N) is 4. The van der Waals surface area contributed by atoms with Gasteiger partial charge in [-0.25, -0.2) is 17.7 Å². The molecule has 0 radical (unpaired) electrons. The lowest BCUT2D eigenvalue weighted by Gasteiger charge is -2.23. The van der Waals surface area contributed by atoms with Crippen LogP contribution in [-0.4, -0.2) is 66.8 Å². The molecular formula is C17H27N5O3S. The van der Waals surface area contributed by atoms with Crippen molar-refractivity contribution >= 4 is 27.0 Å². The molecule has 144 valence electrons. The Bertz CT molecular complexity index is 905. The number of nitrogens with two attached hydrogens (primary N) is 1. The molecule has 0 saturated heterocycles. The molecule has 0 bridgehead atoms. The Labute approximate surface area is 154 Å². The van der Waals surface area contributed by atoms with Gasteiger partial charge in [0.1, 0.15) is 5.82 Å². The van der Waals surface area contributed by atoms with Gasteiger partial charge in [-0.2, -0.15) is 0 Å². The fraction of sp³-hybridized carbons (Fsp3) is 0.529. The number of amides is 1. The van der Waals surface area contributed by atoms with Crippen LogP contribution in [-0.2, 0) is 28.3 Å². The van der Waals surface area contributed by atoms with Crippen molar-refractivity contribution in [1.29, 1.82) is 0 Å². The summed E-state index contributed by atoms with van der Waals surface area (Å²) in [5, 5.41) is 0. The lowest BCUT2D eigenvalue weighted by atomic mass is 10.2. The third kappa shape index (κ3) is 3.89. The number of aryl methyl sites for hydroxylation is 2. The van der Waals surface area contributed by atoms with Gasteiger partial charge in [0.15, 0.2) is 0 Å². The summed E-state index contributed by atoms with van der Waals surface area (Å²) in [7, 11) is 3.08. The van der Waals surface area contributed by atoms with Gasteiger partial charge in [-0.15, -0.1) is 0 Å². The van der Waals surface area contributed by atoms with Crippen molar-refractivity contribution in [3.63, 3.8) is 0 Å². The molecule has 2 N–H and O–H groups in total. The molecule has 1 aromatic carbocycles. The minimum Gasteiger partial charge on any atom is -0.342 e. The maximum atomic E-state index is 12.3. The van der Waals surface area contributed by atoms with Crippen LogP contribution in [0.15, 0.2) is 23.1 Å². The zero-order valence-corrected chi connectivity index (χ0v) is 16.7. The molecule has 0 aliphatic carbocycles.